The summed E-state index contributed by atoms with van der Waals surface area (Å²) in [6, 6.07) is 13.0. The van der Waals surface area contributed by atoms with Gasteiger partial charge in [0, 0.05) is 0 Å². The lowest BCUT2D eigenvalue weighted by molar-refractivity contribution is -0.117. The molecule has 3 aromatic rings. The normalized spacial score (nSPS) is 13.4. The number of rotatable bonds is 5. The number of para-hydroxylation sites is 2. The molecule has 1 atom stereocenters. The zero-order valence-electron chi connectivity index (χ0n) is 16.3. The molecule has 1 amide bonds. The standard InChI is InChI=1S/C20H24N4O3S/c1-13(18(25)23-19-21-16-7-5-6-8-17(16)22-19)24-28(26,27)15-11-9-14(10-12-15)20(2,3)4/h5-13,24H,1-4H3,(H2,21,22,23,25)/t13-/m0/s1. The molecule has 2 aromatic carbocycles. The molecule has 28 heavy (non-hydrogen) atoms. The van der Waals surface area contributed by atoms with Crippen LogP contribution in [-0.2, 0) is 20.2 Å². The van der Waals surface area contributed by atoms with E-state index in [1.165, 1.54) is 6.92 Å². The van der Waals surface area contributed by atoms with Crippen molar-refractivity contribution in [1.82, 2.24) is 14.7 Å². The van der Waals surface area contributed by atoms with Gasteiger partial charge < -0.3 is 4.98 Å². The highest BCUT2D eigenvalue weighted by Gasteiger charge is 2.23. The van der Waals surface area contributed by atoms with E-state index in [0.29, 0.717) is 5.52 Å². The van der Waals surface area contributed by atoms with Crippen LogP contribution in [0.3, 0.4) is 0 Å². The number of carbonyl (C=O) groups excluding carboxylic acids is 1. The third-order valence-electron chi connectivity index (χ3n) is 4.39. The van der Waals surface area contributed by atoms with E-state index in [-0.39, 0.29) is 16.3 Å². The molecule has 148 valence electrons. The Morgan fingerprint density at radius 2 is 1.71 bits per heavy atom. The van der Waals surface area contributed by atoms with Crippen molar-refractivity contribution in [2.75, 3.05) is 5.32 Å². The van der Waals surface area contributed by atoms with Gasteiger partial charge in [-0.2, -0.15) is 4.72 Å². The molecule has 0 saturated carbocycles. The molecule has 1 aromatic heterocycles. The number of aromatic amines is 1. The largest absolute Gasteiger partial charge is 0.324 e. The smallest absolute Gasteiger partial charge is 0.244 e. The van der Waals surface area contributed by atoms with Gasteiger partial charge >= 0.3 is 0 Å². The monoisotopic (exact) mass is 400 g/mol. The predicted octanol–water partition coefficient (Wildman–Crippen LogP) is 3.17. The van der Waals surface area contributed by atoms with Gasteiger partial charge in [-0.15, -0.1) is 0 Å². The molecule has 0 aliphatic rings. The van der Waals surface area contributed by atoms with Crippen LogP contribution in [-0.4, -0.2) is 30.3 Å². The topological polar surface area (TPSA) is 104 Å². The maximum atomic E-state index is 12.6. The van der Waals surface area contributed by atoms with Gasteiger partial charge in [-0.1, -0.05) is 45.0 Å². The Balaban J connectivity index is 1.69. The Morgan fingerprint density at radius 1 is 1.07 bits per heavy atom. The van der Waals surface area contributed by atoms with Crippen molar-refractivity contribution in [3.05, 3.63) is 54.1 Å². The predicted molar refractivity (Wildman–Crippen MR) is 110 cm³/mol. The zero-order valence-corrected chi connectivity index (χ0v) is 17.1. The first kappa shape index (κ1) is 20.0. The van der Waals surface area contributed by atoms with Gasteiger partial charge in [-0.3, -0.25) is 10.1 Å². The lowest BCUT2D eigenvalue weighted by Gasteiger charge is -2.19. The van der Waals surface area contributed by atoms with Crippen LogP contribution in [0.2, 0.25) is 0 Å². The Hall–Kier alpha value is -2.71. The Labute approximate surface area is 164 Å². The van der Waals surface area contributed by atoms with Crippen molar-refractivity contribution in [3.63, 3.8) is 0 Å². The van der Waals surface area contributed by atoms with E-state index < -0.39 is 22.0 Å². The number of sulfonamides is 1. The summed E-state index contributed by atoms with van der Waals surface area (Å²) in [5.41, 5.74) is 2.45. The lowest BCUT2D eigenvalue weighted by Crippen LogP contribution is -2.41. The molecule has 0 spiro atoms. The minimum atomic E-state index is -3.83. The average Bonchev–Trinajstić information content (AvgIpc) is 3.03. The highest BCUT2D eigenvalue weighted by Crippen LogP contribution is 2.23. The van der Waals surface area contributed by atoms with Crippen LogP contribution in [0.1, 0.15) is 33.3 Å². The van der Waals surface area contributed by atoms with E-state index in [1.807, 2.05) is 24.3 Å². The number of imidazole rings is 1. The average molecular weight is 401 g/mol. The molecule has 1 heterocycles. The number of hydrogen-bond acceptors (Lipinski definition) is 4. The van der Waals surface area contributed by atoms with Gasteiger partial charge in [0.1, 0.15) is 0 Å². The molecule has 7 nitrogen and oxygen atoms in total. The van der Waals surface area contributed by atoms with E-state index in [2.05, 4.69) is 40.8 Å². The minimum Gasteiger partial charge on any atom is -0.324 e. The van der Waals surface area contributed by atoms with Crippen LogP contribution in [0.4, 0.5) is 5.95 Å². The molecule has 8 heteroatoms. The van der Waals surface area contributed by atoms with E-state index in [9.17, 15) is 13.2 Å². The number of carbonyl (C=O) groups is 1. The number of nitrogens with one attached hydrogen (secondary N) is 3. The van der Waals surface area contributed by atoms with Gasteiger partial charge in [0.05, 0.1) is 22.0 Å². The van der Waals surface area contributed by atoms with Crippen LogP contribution >= 0.6 is 0 Å². The van der Waals surface area contributed by atoms with Crippen molar-refractivity contribution in [1.29, 1.82) is 0 Å². The Morgan fingerprint density at radius 3 is 2.32 bits per heavy atom. The fourth-order valence-corrected chi connectivity index (χ4v) is 3.93. The summed E-state index contributed by atoms with van der Waals surface area (Å²) in [7, 11) is -3.83. The van der Waals surface area contributed by atoms with E-state index in [4.69, 9.17) is 0 Å². The molecule has 0 bridgehead atoms. The first-order valence-corrected chi connectivity index (χ1v) is 10.4. The van der Waals surface area contributed by atoms with Crippen LogP contribution in [0.25, 0.3) is 11.0 Å². The van der Waals surface area contributed by atoms with E-state index in [0.717, 1.165) is 11.1 Å². The van der Waals surface area contributed by atoms with Crippen molar-refractivity contribution < 1.29 is 13.2 Å². The number of fused-ring (bicyclic) bond motifs is 1. The SMILES string of the molecule is C[C@H](NS(=O)(=O)c1ccc(C(C)(C)C)cc1)C(=O)Nc1nc2ccccc2[nH]1. The highest BCUT2D eigenvalue weighted by atomic mass is 32.2. The zero-order chi connectivity index (χ0) is 20.5. The molecule has 0 saturated heterocycles. The summed E-state index contributed by atoms with van der Waals surface area (Å²) in [5.74, 6) is -0.235. The van der Waals surface area contributed by atoms with Crippen LogP contribution < -0.4 is 10.0 Å². The number of nitrogens with zero attached hydrogens (tertiary/aromatic N) is 1. The highest BCUT2D eigenvalue weighted by molar-refractivity contribution is 7.89. The molecule has 0 radical (unpaired) electrons. The van der Waals surface area contributed by atoms with Crippen molar-refractivity contribution in [2.45, 2.75) is 44.0 Å². The summed E-state index contributed by atoms with van der Waals surface area (Å²) >= 11 is 0. The second kappa shape index (κ2) is 7.37. The molecule has 0 aliphatic heterocycles. The number of H-pyrrole nitrogens is 1. The number of aromatic nitrogens is 2. The summed E-state index contributed by atoms with van der Waals surface area (Å²) in [6.07, 6.45) is 0. The Kier molecular flexibility index (Phi) is 5.27. The van der Waals surface area contributed by atoms with Crippen LogP contribution in [0, 0.1) is 0 Å². The third-order valence-corrected chi connectivity index (χ3v) is 5.94. The van der Waals surface area contributed by atoms with Crippen LogP contribution in [0.5, 0.6) is 0 Å². The molecule has 0 fully saturated rings. The lowest BCUT2D eigenvalue weighted by atomic mass is 9.87. The van der Waals surface area contributed by atoms with Gasteiger partial charge in [-0.05, 0) is 42.2 Å². The number of amides is 1. The number of hydrogen-bond donors (Lipinski definition) is 3. The summed E-state index contributed by atoms with van der Waals surface area (Å²) in [6.45, 7) is 7.65. The molecule has 3 N–H and O–H groups in total. The van der Waals surface area contributed by atoms with E-state index >= 15 is 0 Å². The second-order valence-corrected chi connectivity index (χ2v) is 9.42. The van der Waals surface area contributed by atoms with Gasteiger partial charge in [0.25, 0.3) is 0 Å². The van der Waals surface area contributed by atoms with Crippen molar-refractivity contribution in [3.8, 4) is 0 Å². The summed E-state index contributed by atoms with van der Waals surface area (Å²) in [4.78, 5) is 19.7. The first-order chi connectivity index (χ1) is 13.1. The molecule has 0 unspecified atom stereocenters. The molecule has 0 aliphatic carbocycles. The first-order valence-electron chi connectivity index (χ1n) is 8.95. The summed E-state index contributed by atoms with van der Waals surface area (Å²) in [5, 5.41) is 2.60. The number of anilines is 1. The third kappa shape index (κ3) is 4.40. The summed E-state index contributed by atoms with van der Waals surface area (Å²) < 4.78 is 27.6. The quantitative estimate of drug-likeness (QED) is 0.612. The number of benzene rings is 2. The fraction of sp³-hybridized carbons (Fsp3) is 0.300. The van der Waals surface area contributed by atoms with Gasteiger partial charge in [0.2, 0.25) is 21.9 Å². The maximum absolute atomic E-state index is 12.6. The maximum Gasteiger partial charge on any atom is 0.244 e. The van der Waals surface area contributed by atoms with Crippen molar-refractivity contribution in [2.24, 2.45) is 0 Å². The van der Waals surface area contributed by atoms with Gasteiger partial charge in [-0.25, -0.2) is 13.4 Å². The van der Waals surface area contributed by atoms with E-state index in [1.54, 1.807) is 24.3 Å². The Bertz CT molecular complexity index is 1060. The fourth-order valence-electron chi connectivity index (χ4n) is 2.73. The van der Waals surface area contributed by atoms with Crippen LogP contribution in [0.15, 0.2) is 53.4 Å². The molecular formula is C20H24N4O3S. The van der Waals surface area contributed by atoms with Crippen molar-refractivity contribution >= 4 is 32.9 Å². The second-order valence-electron chi connectivity index (χ2n) is 7.71. The minimum absolute atomic E-state index is 0.0739. The van der Waals surface area contributed by atoms with Gasteiger partial charge in [0.15, 0.2) is 0 Å². The molecular weight excluding hydrogens is 376 g/mol. The molecule has 3 rings (SSSR count).